The fraction of sp³-hybridized carbons (Fsp3) is 0.308. The third-order valence-corrected chi connectivity index (χ3v) is 3.95. The second-order valence-corrected chi connectivity index (χ2v) is 5.15. The van der Waals surface area contributed by atoms with E-state index in [1.807, 2.05) is 18.2 Å². The van der Waals surface area contributed by atoms with Crippen molar-refractivity contribution in [3.05, 3.63) is 41.7 Å². The smallest absolute Gasteiger partial charge is 0.266 e. The molecule has 6 heteroatoms. The Balaban J connectivity index is 2.42. The molecule has 0 aliphatic carbocycles. The van der Waals surface area contributed by atoms with Gasteiger partial charge in [0.1, 0.15) is 10.7 Å². The van der Waals surface area contributed by atoms with Gasteiger partial charge in [-0.2, -0.15) is 0 Å². The number of fused-ring (bicyclic) bond motifs is 1. The van der Waals surface area contributed by atoms with E-state index in [2.05, 4.69) is 23.4 Å². The van der Waals surface area contributed by atoms with Gasteiger partial charge < -0.3 is 4.90 Å². The summed E-state index contributed by atoms with van der Waals surface area (Å²) >= 11 is 1.36. The molecular weight excluding hydrogens is 260 g/mol. The number of thiazole rings is 1. The van der Waals surface area contributed by atoms with Gasteiger partial charge in [-0.1, -0.05) is 23.5 Å². The molecule has 0 N–H and O–H groups in total. The van der Waals surface area contributed by atoms with Crippen molar-refractivity contribution >= 4 is 22.2 Å². The molecule has 0 aliphatic heterocycles. The van der Waals surface area contributed by atoms with E-state index in [1.165, 1.54) is 11.3 Å². The fourth-order valence-electron chi connectivity index (χ4n) is 1.96. The maximum Gasteiger partial charge on any atom is 0.266 e. The first-order valence-electron chi connectivity index (χ1n) is 5.92. The van der Waals surface area contributed by atoms with Crippen LogP contribution in [0.5, 0.6) is 0 Å². The van der Waals surface area contributed by atoms with E-state index in [-0.39, 0.29) is 5.91 Å². The monoisotopic (exact) mass is 276 g/mol. The van der Waals surface area contributed by atoms with Crippen molar-refractivity contribution in [2.75, 3.05) is 13.1 Å². The average molecular weight is 276 g/mol. The van der Waals surface area contributed by atoms with Crippen LogP contribution in [-0.4, -0.2) is 38.5 Å². The average Bonchev–Trinajstić information content (AvgIpc) is 2.90. The van der Waals surface area contributed by atoms with Crippen molar-refractivity contribution in [1.29, 1.82) is 0 Å². The van der Waals surface area contributed by atoms with Crippen molar-refractivity contribution in [2.24, 2.45) is 0 Å². The van der Waals surface area contributed by atoms with Gasteiger partial charge in [0.25, 0.3) is 5.91 Å². The molecule has 19 heavy (non-hydrogen) atoms. The van der Waals surface area contributed by atoms with Gasteiger partial charge >= 0.3 is 0 Å². The van der Waals surface area contributed by atoms with Crippen molar-refractivity contribution < 1.29 is 4.79 Å². The normalized spacial score (nSPS) is 10.6. The quantitative estimate of drug-likeness (QED) is 0.787. The SMILES string of the molecule is C=CCN(CC=C)C(=O)c1sc2nnc(C)n2c1C. The number of aryl methyl sites for hydroxylation is 2. The lowest BCUT2D eigenvalue weighted by Crippen LogP contribution is -2.31. The molecule has 0 aliphatic rings. The first kappa shape index (κ1) is 13.5. The summed E-state index contributed by atoms with van der Waals surface area (Å²) in [6.45, 7) is 12.1. The first-order chi connectivity index (χ1) is 9.10. The standard InChI is InChI=1S/C13H16N4OS/c1-5-7-16(8-6-2)12(18)11-9(3)17-10(4)14-15-13(17)19-11/h5-6H,1-2,7-8H2,3-4H3. The third-order valence-electron chi connectivity index (χ3n) is 2.83. The van der Waals surface area contributed by atoms with Gasteiger partial charge in [-0.25, -0.2) is 0 Å². The molecule has 0 radical (unpaired) electrons. The molecule has 0 unspecified atom stereocenters. The lowest BCUT2D eigenvalue weighted by molar-refractivity contribution is 0.0794. The van der Waals surface area contributed by atoms with Gasteiger partial charge in [-0.05, 0) is 13.8 Å². The zero-order chi connectivity index (χ0) is 14.0. The number of aromatic nitrogens is 3. The van der Waals surface area contributed by atoms with Gasteiger partial charge in [0, 0.05) is 18.8 Å². The largest absolute Gasteiger partial charge is 0.330 e. The van der Waals surface area contributed by atoms with Crippen molar-refractivity contribution in [1.82, 2.24) is 19.5 Å². The topological polar surface area (TPSA) is 50.5 Å². The molecule has 2 aromatic heterocycles. The van der Waals surface area contributed by atoms with E-state index in [1.54, 1.807) is 17.1 Å². The van der Waals surface area contributed by atoms with Gasteiger partial charge in [0.2, 0.25) is 4.96 Å². The van der Waals surface area contributed by atoms with Crippen LogP contribution in [0.2, 0.25) is 0 Å². The summed E-state index contributed by atoms with van der Waals surface area (Å²) in [5.74, 6) is 0.772. The Hall–Kier alpha value is -1.95. The number of amides is 1. The number of hydrogen-bond acceptors (Lipinski definition) is 4. The van der Waals surface area contributed by atoms with Gasteiger partial charge in [-0.15, -0.1) is 23.4 Å². The molecule has 1 amide bonds. The Morgan fingerprint density at radius 2 is 1.95 bits per heavy atom. The highest BCUT2D eigenvalue weighted by Gasteiger charge is 2.22. The third kappa shape index (κ3) is 2.31. The molecule has 5 nitrogen and oxygen atoms in total. The Morgan fingerprint density at radius 3 is 2.47 bits per heavy atom. The summed E-state index contributed by atoms with van der Waals surface area (Å²) in [5, 5.41) is 8.05. The Bertz CT molecular complexity index is 630. The molecule has 0 fully saturated rings. The van der Waals surface area contributed by atoms with Crippen LogP contribution in [0, 0.1) is 13.8 Å². The van der Waals surface area contributed by atoms with Crippen LogP contribution in [0.1, 0.15) is 21.2 Å². The summed E-state index contributed by atoms with van der Waals surface area (Å²) in [4.78, 5) is 15.6. The predicted molar refractivity (Wildman–Crippen MR) is 76.6 cm³/mol. The van der Waals surface area contributed by atoms with E-state index in [0.717, 1.165) is 16.5 Å². The molecular formula is C13H16N4OS. The zero-order valence-electron chi connectivity index (χ0n) is 11.1. The molecule has 100 valence electrons. The lowest BCUT2D eigenvalue weighted by Gasteiger charge is -2.18. The number of hydrogen-bond donors (Lipinski definition) is 0. The molecule has 0 saturated heterocycles. The molecule has 0 spiro atoms. The van der Waals surface area contributed by atoms with E-state index in [0.29, 0.717) is 18.0 Å². The fourth-order valence-corrected chi connectivity index (χ4v) is 3.04. The maximum absolute atomic E-state index is 12.5. The molecule has 2 rings (SSSR count). The zero-order valence-corrected chi connectivity index (χ0v) is 11.9. The summed E-state index contributed by atoms with van der Waals surface area (Å²) in [7, 11) is 0. The van der Waals surface area contributed by atoms with E-state index in [9.17, 15) is 4.79 Å². The summed E-state index contributed by atoms with van der Waals surface area (Å²) in [5.41, 5.74) is 0.880. The van der Waals surface area contributed by atoms with Crippen LogP contribution in [-0.2, 0) is 0 Å². The Morgan fingerprint density at radius 1 is 1.32 bits per heavy atom. The minimum absolute atomic E-state index is 0.0211. The highest BCUT2D eigenvalue weighted by molar-refractivity contribution is 7.19. The number of carbonyl (C=O) groups excluding carboxylic acids is 1. The predicted octanol–water partition coefficient (Wildman–Crippen LogP) is 2.22. The minimum atomic E-state index is -0.0211. The van der Waals surface area contributed by atoms with Gasteiger partial charge in [-0.3, -0.25) is 9.20 Å². The molecule has 2 aromatic rings. The van der Waals surface area contributed by atoms with Crippen molar-refractivity contribution in [3.8, 4) is 0 Å². The molecule has 0 atom stereocenters. The summed E-state index contributed by atoms with van der Waals surface area (Å²) in [6.07, 6.45) is 3.42. The molecule has 0 aromatic carbocycles. The first-order valence-corrected chi connectivity index (χ1v) is 6.74. The van der Waals surface area contributed by atoms with Crippen molar-refractivity contribution in [3.63, 3.8) is 0 Å². The second-order valence-electron chi connectivity index (χ2n) is 4.17. The van der Waals surface area contributed by atoms with Gasteiger partial charge in [0.05, 0.1) is 0 Å². The van der Waals surface area contributed by atoms with Crippen molar-refractivity contribution in [2.45, 2.75) is 13.8 Å². The van der Waals surface area contributed by atoms with Crippen LogP contribution in [0.15, 0.2) is 25.3 Å². The highest BCUT2D eigenvalue weighted by Crippen LogP contribution is 2.24. The van der Waals surface area contributed by atoms with Crippen LogP contribution in [0.25, 0.3) is 4.96 Å². The second kappa shape index (κ2) is 5.36. The number of nitrogens with zero attached hydrogens (tertiary/aromatic N) is 4. The minimum Gasteiger partial charge on any atom is -0.330 e. The Kier molecular flexibility index (Phi) is 3.80. The van der Waals surface area contributed by atoms with Crippen LogP contribution >= 0.6 is 11.3 Å². The maximum atomic E-state index is 12.5. The Labute approximate surface area is 115 Å². The van der Waals surface area contributed by atoms with Crippen LogP contribution < -0.4 is 0 Å². The molecule has 2 heterocycles. The summed E-state index contributed by atoms with van der Waals surface area (Å²) in [6, 6.07) is 0. The van der Waals surface area contributed by atoms with E-state index in [4.69, 9.17) is 0 Å². The number of rotatable bonds is 5. The van der Waals surface area contributed by atoms with Crippen LogP contribution in [0.3, 0.4) is 0 Å². The highest BCUT2D eigenvalue weighted by atomic mass is 32.1. The van der Waals surface area contributed by atoms with E-state index >= 15 is 0 Å². The van der Waals surface area contributed by atoms with Gasteiger partial charge in [0.15, 0.2) is 0 Å². The van der Waals surface area contributed by atoms with Crippen LogP contribution in [0.4, 0.5) is 0 Å². The lowest BCUT2D eigenvalue weighted by atomic mass is 10.3. The van der Waals surface area contributed by atoms with E-state index < -0.39 is 0 Å². The summed E-state index contributed by atoms with van der Waals surface area (Å²) < 4.78 is 1.90. The molecule has 0 saturated carbocycles. The number of carbonyl (C=O) groups is 1. The molecule has 0 bridgehead atoms.